The smallest absolute Gasteiger partial charge is 0.230 e. The molecule has 122 valence electrons. The molecule has 1 aromatic carbocycles. The lowest BCUT2D eigenvalue weighted by atomic mass is 9.86. The summed E-state index contributed by atoms with van der Waals surface area (Å²) in [5.41, 5.74) is 1.19. The molecule has 0 bridgehead atoms. The number of nitrogens with one attached hydrogen (secondary N) is 1. The van der Waals surface area contributed by atoms with Gasteiger partial charge in [0.25, 0.3) is 0 Å². The number of carbonyl (C=O) groups is 1. The van der Waals surface area contributed by atoms with E-state index in [9.17, 15) is 4.79 Å². The van der Waals surface area contributed by atoms with Crippen LogP contribution in [0.15, 0.2) is 22.7 Å². The van der Waals surface area contributed by atoms with Gasteiger partial charge in [0.2, 0.25) is 5.91 Å². The third-order valence-corrected chi connectivity index (χ3v) is 5.80. The number of hydrogen-bond acceptors (Lipinski definition) is 3. The number of thioether (sulfide) groups is 1. The maximum Gasteiger partial charge on any atom is 0.230 e. The zero-order chi connectivity index (χ0) is 15.9. The molecule has 0 aliphatic heterocycles. The number of amides is 1. The van der Waals surface area contributed by atoms with E-state index in [1.807, 2.05) is 18.2 Å². The van der Waals surface area contributed by atoms with E-state index < -0.39 is 0 Å². The highest BCUT2D eigenvalue weighted by molar-refractivity contribution is 9.10. The molecule has 0 aromatic heterocycles. The van der Waals surface area contributed by atoms with E-state index in [4.69, 9.17) is 4.74 Å². The Hall–Kier alpha value is -0.680. The summed E-state index contributed by atoms with van der Waals surface area (Å²) >= 11 is 5.14. The summed E-state index contributed by atoms with van der Waals surface area (Å²) in [6, 6.07) is 6.41. The molecule has 1 aliphatic rings. The fraction of sp³-hybridized carbons (Fsp3) is 0.588. The van der Waals surface area contributed by atoms with Crippen LogP contribution in [0.25, 0.3) is 0 Å². The van der Waals surface area contributed by atoms with Crippen molar-refractivity contribution in [3.05, 3.63) is 28.2 Å². The lowest BCUT2D eigenvalue weighted by molar-refractivity contribution is -0.119. The largest absolute Gasteiger partial charge is 0.496 e. The number of carbonyl (C=O) groups excluding carboxylic acids is 1. The monoisotopic (exact) mass is 385 g/mol. The van der Waals surface area contributed by atoms with E-state index in [1.165, 1.54) is 24.8 Å². The van der Waals surface area contributed by atoms with Crippen LogP contribution in [0.3, 0.4) is 0 Å². The molecule has 2 rings (SSSR count). The molecule has 0 spiro atoms. The van der Waals surface area contributed by atoms with Crippen molar-refractivity contribution in [1.82, 2.24) is 5.32 Å². The molecule has 0 radical (unpaired) electrons. The van der Waals surface area contributed by atoms with Crippen LogP contribution in [0.1, 0.15) is 38.2 Å². The zero-order valence-electron chi connectivity index (χ0n) is 13.2. The summed E-state index contributed by atoms with van der Waals surface area (Å²) < 4.78 is 6.17. The number of halogens is 1. The van der Waals surface area contributed by atoms with Crippen LogP contribution in [0.5, 0.6) is 5.75 Å². The molecule has 5 heteroatoms. The summed E-state index contributed by atoms with van der Waals surface area (Å²) in [6.45, 7) is 2.24. The van der Waals surface area contributed by atoms with Crippen LogP contribution in [-0.2, 0) is 10.5 Å². The molecule has 3 nitrogen and oxygen atoms in total. The van der Waals surface area contributed by atoms with E-state index in [0.29, 0.717) is 17.7 Å². The first-order valence-electron chi connectivity index (χ1n) is 7.79. The van der Waals surface area contributed by atoms with E-state index >= 15 is 0 Å². The van der Waals surface area contributed by atoms with Crippen molar-refractivity contribution in [1.29, 1.82) is 0 Å². The first-order chi connectivity index (χ1) is 10.6. The molecule has 0 heterocycles. The Labute approximate surface area is 145 Å². The highest BCUT2D eigenvalue weighted by Crippen LogP contribution is 2.27. The van der Waals surface area contributed by atoms with Gasteiger partial charge < -0.3 is 10.1 Å². The Morgan fingerprint density at radius 2 is 2.18 bits per heavy atom. The van der Waals surface area contributed by atoms with Gasteiger partial charge in [-0.25, -0.2) is 0 Å². The standard InChI is InChI=1S/C17H24BrNO2S/c1-12-5-3-4-6-15(12)19-17(20)11-22-10-13-7-8-16(21-2)14(18)9-13/h7-9,12,15H,3-6,10-11H2,1-2H3,(H,19,20)/t12-,15-/m0/s1. The molecule has 1 aliphatic carbocycles. The average Bonchev–Trinajstić information content (AvgIpc) is 2.50. The predicted octanol–water partition coefficient (Wildman–Crippen LogP) is 4.39. The zero-order valence-corrected chi connectivity index (χ0v) is 15.6. The van der Waals surface area contributed by atoms with Crippen molar-refractivity contribution < 1.29 is 9.53 Å². The minimum atomic E-state index is 0.163. The Balaban J connectivity index is 1.73. The maximum atomic E-state index is 12.1. The molecule has 1 aromatic rings. The Morgan fingerprint density at radius 3 is 2.86 bits per heavy atom. The van der Waals surface area contributed by atoms with Crippen LogP contribution in [-0.4, -0.2) is 24.8 Å². The second-order valence-electron chi connectivity index (χ2n) is 5.90. The van der Waals surface area contributed by atoms with Gasteiger partial charge >= 0.3 is 0 Å². The van der Waals surface area contributed by atoms with E-state index in [2.05, 4.69) is 28.2 Å². The summed E-state index contributed by atoms with van der Waals surface area (Å²) in [5.74, 6) is 2.96. The molecule has 0 saturated heterocycles. The van der Waals surface area contributed by atoms with Crippen molar-refractivity contribution in [2.24, 2.45) is 5.92 Å². The van der Waals surface area contributed by atoms with Gasteiger partial charge in [0.1, 0.15) is 5.75 Å². The highest BCUT2D eigenvalue weighted by atomic mass is 79.9. The summed E-state index contributed by atoms with van der Waals surface area (Å²) in [5, 5.41) is 3.20. The first kappa shape index (κ1) is 17.7. The summed E-state index contributed by atoms with van der Waals surface area (Å²) in [7, 11) is 1.66. The third-order valence-electron chi connectivity index (χ3n) is 4.18. The molecular weight excluding hydrogens is 362 g/mol. The minimum absolute atomic E-state index is 0.163. The molecule has 1 N–H and O–H groups in total. The average molecular weight is 386 g/mol. The molecule has 2 atom stereocenters. The molecule has 1 amide bonds. The number of benzene rings is 1. The van der Waals surface area contributed by atoms with E-state index in [-0.39, 0.29) is 5.91 Å². The van der Waals surface area contributed by atoms with Gasteiger partial charge in [-0.2, -0.15) is 0 Å². The van der Waals surface area contributed by atoms with Crippen LogP contribution < -0.4 is 10.1 Å². The second kappa shape index (κ2) is 8.82. The van der Waals surface area contributed by atoms with Gasteiger partial charge in [0.15, 0.2) is 0 Å². The number of rotatable bonds is 6. The van der Waals surface area contributed by atoms with E-state index in [0.717, 1.165) is 22.4 Å². The van der Waals surface area contributed by atoms with Crippen LogP contribution in [0.2, 0.25) is 0 Å². The van der Waals surface area contributed by atoms with Gasteiger partial charge in [-0.05, 0) is 52.4 Å². The topological polar surface area (TPSA) is 38.3 Å². The van der Waals surface area contributed by atoms with Crippen LogP contribution in [0.4, 0.5) is 0 Å². The lowest BCUT2D eigenvalue weighted by Gasteiger charge is -2.29. The molecule has 1 fully saturated rings. The second-order valence-corrected chi connectivity index (χ2v) is 7.74. The summed E-state index contributed by atoms with van der Waals surface area (Å²) in [4.78, 5) is 12.1. The van der Waals surface area contributed by atoms with Gasteiger partial charge in [0.05, 0.1) is 17.3 Å². The van der Waals surface area contributed by atoms with Crippen molar-refractivity contribution in [2.75, 3.05) is 12.9 Å². The van der Waals surface area contributed by atoms with Gasteiger partial charge in [-0.3, -0.25) is 4.79 Å². The molecular formula is C17H24BrNO2S. The lowest BCUT2D eigenvalue weighted by Crippen LogP contribution is -2.41. The SMILES string of the molecule is COc1ccc(CSCC(=O)N[C@H]2CCCC[C@@H]2C)cc1Br. The van der Waals surface area contributed by atoms with Crippen LogP contribution >= 0.6 is 27.7 Å². The highest BCUT2D eigenvalue weighted by Gasteiger charge is 2.22. The number of methoxy groups -OCH3 is 1. The Kier molecular flexibility index (Phi) is 7.09. The number of hydrogen-bond donors (Lipinski definition) is 1. The molecule has 22 heavy (non-hydrogen) atoms. The first-order valence-corrected chi connectivity index (χ1v) is 9.74. The Morgan fingerprint density at radius 1 is 1.41 bits per heavy atom. The molecule has 0 unspecified atom stereocenters. The van der Waals surface area contributed by atoms with Crippen LogP contribution in [0, 0.1) is 5.92 Å². The normalized spacial score (nSPS) is 21.4. The summed E-state index contributed by atoms with van der Waals surface area (Å²) in [6.07, 6.45) is 4.90. The Bertz CT molecular complexity index is 509. The van der Waals surface area contributed by atoms with Crippen molar-refractivity contribution in [3.8, 4) is 5.75 Å². The fourth-order valence-electron chi connectivity index (χ4n) is 2.84. The molecule has 1 saturated carbocycles. The van der Waals surface area contributed by atoms with Crippen molar-refractivity contribution >= 4 is 33.6 Å². The van der Waals surface area contributed by atoms with Crippen molar-refractivity contribution in [3.63, 3.8) is 0 Å². The minimum Gasteiger partial charge on any atom is -0.496 e. The fourth-order valence-corrected chi connectivity index (χ4v) is 4.21. The van der Waals surface area contributed by atoms with E-state index in [1.54, 1.807) is 18.9 Å². The van der Waals surface area contributed by atoms with Gasteiger partial charge in [0, 0.05) is 11.8 Å². The third kappa shape index (κ3) is 5.20. The number of ether oxygens (including phenoxy) is 1. The quantitative estimate of drug-likeness (QED) is 0.788. The van der Waals surface area contributed by atoms with Crippen molar-refractivity contribution in [2.45, 2.75) is 44.4 Å². The van der Waals surface area contributed by atoms with Gasteiger partial charge in [-0.1, -0.05) is 25.8 Å². The maximum absolute atomic E-state index is 12.1. The van der Waals surface area contributed by atoms with Gasteiger partial charge in [-0.15, -0.1) is 11.8 Å². The predicted molar refractivity (Wildman–Crippen MR) is 96.4 cm³/mol.